The highest BCUT2D eigenvalue weighted by atomic mass is 16.6. The van der Waals surface area contributed by atoms with Gasteiger partial charge in [-0.2, -0.15) is 0 Å². The first-order chi connectivity index (χ1) is 21.8. The average molecular weight is 641 g/mol. The van der Waals surface area contributed by atoms with Gasteiger partial charge in [0.2, 0.25) is 0 Å². The maximum Gasteiger partial charge on any atom is 0.407 e. The molecule has 2 N–H and O–H groups in total. The molecule has 0 heterocycles. The van der Waals surface area contributed by atoms with Gasteiger partial charge >= 0.3 is 24.1 Å². The van der Waals surface area contributed by atoms with Gasteiger partial charge in [-0.05, 0) is 91.2 Å². The minimum absolute atomic E-state index is 0.00638. The van der Waals surface area contributed by atoms with Gasteiger partial charge in [-0.3, -0.25) is 9.59 Å². The Kier molecular flexibility index (Phi) is 16.1. The molecule has 0 aliphatic carbocycles. The van der Waals surface area contributed by atoms with E-state index < -0.39 is 23.3 Å². The van der Waals surface area contributed by atoms with E-state index in [4.69, 9.17) is 18.9 Å². The van der Waals surface area contributed by atoms with Crippen molar-refractivity contribution in [2.45, 2.75) is 104 Å². The first kappa shape index (κ1) is 38.1. The maximum absolute atomic E-state index is 12.2. The number of rotatable bonds is 19. The van der Waals surface area contributed by atoms with E-state index >= 15 is 0 Å². The summed E-state index contributed by atoms with van der Waals surface area (Å²) in [6, 6.07) is 15.9. The number of hydrogen-bond acceptors (Lipinski definition) is 8. The molecule has 0 radical (unpaired) electrons. The van der Waals surface area contributed by atoms with Gasteiger partial charge in [0.1, 0.15) is 13.2 Å². The van der Waals surface area contributed by atoms with E-state index in [0.29, 0.717) is 38.5 Å². The summed E-state index contributed by atoms with van der Waals surface area (Å²) < 4.78 is 20.8. The largest absolute Gasteiger partial charge is 0.462 e. The molecule has 0 saturated heterocycles. The number of carbonyl (C=O) groups is 4. The zero-order valence-corrected chi connectivity index (χ0v) is 28.4. The van der Waals surface area contributed by atoms with Crippen LogP contribution in [0.25, 0.3) is 0 Å². The fourth-order valence-corrected chi connectivity index (χ4v) is 4.68. The van der Waals surface area contributed by atoms with Crippen LogP contribution < -0.4 is 10.6 Å². The molecule has 2 rings (SSSR count). The molecule has 0 saturated carbocycles. The minimum atomic E-state index is -0.558. The Balaban J connectivity index is 1.42. The van der Waals surface area contributed by atoms with Gasteiger partial charge in [-0.15, -0.1) is 0 Å². The number of ether oxygens (including phenoxy) is 4. The fourth-order valence-electron chi connectivity index (χ4n) is 4.68. The molecule has 0 spiro atoms. The van der Waals surface area contributed by atoms with Crippen LogP contribution in [0.2, 0.25) is 0 Å². The smallest absolute Gasteiger partial charge is 0.407 e. The summed E-state index contributed by atoms with van der Waals surface area (Å²) in [4.78, 5) is 48.2. The molecule has 0 fully saturated rings. The molecular formula is C36H52N2O8. The quantitative estimate of drug-likeness (QED) is 0.0942. The predicted octanol–water partition coefficient (Wildman–Crippen LogP) is 7.13. The van der Waals surface area contributed by atoms with Gasteiger partial charge in [0.25, 0.3) is 0 Å². The Bertz CT molecular complexity index is 1180. The van der Waals surface area contributed by atoms with Crippen LogP contribution in [0.1, 0.15) is 101 Å². The topological polar surface area (TPSA) is 129 Å². The summed E-state index contributed by atoms with van der Waals surface area (Å²) in [5.41, 5.74) is 3.12. The zero-order chi connectivity index (χ0) is 34.0. The van der Waals surface area contributed by atoms with Crippen LogP contribution in [-0.2, 0) is 39.6 Å². The highest BCUT2D eigenvalue weighted by molar-refractivity contribution is 5.70. The van der Waals surface area contributed by atoms with Crippen molar-refractivity contribution in [2.24, 2.45) is 0 Å². The monoisotopic (exact) mass is 640 g/mol. The van der Waals surface area contributed by atoms with Gasteiger partial charge < -0.3 is 29.6 Å². The number of benzene rings is 2. The normalized spacial score (nSPS) is 11.3. The lowest BCUT2D eigenvalue weighted by Gasteiger charge is -2.26. The molecule has 2 amide bonds. The second kappa shape index (κ2) is 19.4. The fraction of sp³-hybridized carbons (Fsp3) is 0.556. The van der Waals surface area contributed by atoms with Gasteiger partial charge in [-0.25, -0.2) is 9.59 Å². The van der Waals surface area contributed by atoms with E-state index in [1.807, 2.05) is 90.1 Å². The van der Waals surface area contributed by atoms with Crippen molar-refractivity contribution in [3.63, 3.8) is 0 Å². The Morgan fingerprint density at radius 2 is 0.935 bits per heavy atom. The van der Waals surface area contributed by atoms with Crippen LogP contribution in [0, 0.1) is 13.8 Å². The van der Waals surface area contributed by atoms with Crippen LogP contribution in [0.4, 0.5) is 9.59 Å². The van der Waals surface area contributed by atoms with E-state index in [9.17, 15) is 19.2 Å². The van der Waals surface area contributed by atoms with E-state index in [0.717, 1.165) is 22.3 Å². The molecule has 0 unspecified atom stereocenters. The van der Waals surface area contributed by atoms with Crippen molar-refractivity contribution in [2.75, 3.05) is 26.4 Å². The zero-order valence-electron chi connectivity index (χ0n) is 28.4. The number of carbonyl (C=O) groups excluding carboxylic acids is 4. The molecule has 0 aromatic heterocycles. The van der Waals surface area contributed by atoms with E-state index in [2.05, 4.69) is 10.6 Å². The number of amides is 2. The Morgan fingerprint density at radius 1 is 0.543 bits per heavy atom. The molecule has 2 aromatic carbocycles. The van der Waals surface area contributed by atoms with Crippen molar-refractivity contribution < 1.29 is 38.1 Å². The van der Waals surface area contributed by atoms with Gasteiger partial charge in [-0.1, -0.05) is 59.7 Å². The number of alkyl carbamates (subject to hydrolysis) is 2. The lowest BCUT2D eigenvalue weighted by atomic mass is 9.93. The molecule has 0 aliphatic rings. The first-order valence-electron chi connectivity index (χ1n) is 16.1. The SMILES string of the molecule is Cc1cccc(C(C)(C)NC(=O)OCCCCCC(=O)OCCOC(=O)CCCCCOC(=O)NC(C)(C)c2cccc(C)c2)c1. The summed E-state index contributed by atoms with van der Waals surface area (Å²) in [7, 11) is 0. The average Bonchev–Trinajstić information content (AvgIpc) is 2.98. The first-order valence-corrected chi connectivity index (χ1v) is 16.1. The third-order valence-corrected chi connectivity index (χ3v) is 7.43. The van der Waals surface area contributed by atoms with Crippen molar-refractivity contribution in [1.82, 2.24) is 10.6 Å². The minimum Gasteiger partial charge on any atom is -0.462 e. The number of hydrogen-bond donors (Lipinski definition) is 2. The van der Waals surface area contributed by atoms with Crippen LogP contribution in [0.3, 0.4) is 0 Å². The lowest BCUT2D eigenvalue weighted by Crippen LogP contribution is -2.41. The number of nitrogens with one attached hydrogen (secondary N) is 2. The number of unbranched alkanes of at least 4 members (excludes halogenated alkanes) is 4. The van der Waals surface area contributed by atoms with E-state index in [1.54, 1.807) is 0 Å². The Morgan fingerprint density at radius 3 is 1.30 bits per heavy atom. The van der Waals surface area contributed by atoms with Gasteiger partial charge in [0, 0.05) is 12.8 Å². The van der Waals surface area contributed by atoms with Crippen molar-refractivity contribution in [3.8, 4) is 0 Å². The van der Waals surface area contributed by atoms with Crippen molar-refractivity contribution in [3.05, 3.63) is 70.8 Å². The molecule has 10 nitrogen and oxygen atoms in total. The second-order valence-corrected chi connectivity index (χ2v) is 12.6. The molecule has 46 heavy (non-hydrogen) atoms. The summed E-state index contributed by atoms with van der Waals surface area (Å²) in [5.74, 6) is -0.721. The maximum atomic E-state index is 12.2. The molecule has 254 valence electrons. The van der Waals surface area contributed by atoms with Gasteiger partial charge in [0.05, 0.1) is 24.3 Å². The molecule has 2 aromatic rings. The van der Waals surface area contributed by atoms with Gasteiger partial charge in [0.15, 0.2) is 0 Å². The standard InChI is InChI=1S/C36H52N2O8/c1-27-15-13-17-29(25-27)35(3,4)37-33(41)45-21-11-7-9-19-31(39)43-23-24-44-32(40)20-10-8-12-22-46-34(42)38-36(5,6)30-18-14-16-28(2)26-30/h13-18,25-26H,7-12,19-24H2,1-6H3,(H,37,41)(H,38,42). The van der Waals surface area contributed by atoms with E-state index in [-0.39, 0.29) is 51.2 Å². The van der Waals surface area contributed by atoms with Crippen LogP contribution in [-0.4, -0.2) is 50.6 Å². The van der Waals surface area contributed by atoms with Crippen molar-refractivity contribution >= 4 is 24.1 Å². The van der Waals surface area contributed by atoms with Crippen LogP contribution in [0.15, 0.2) is 48.5 Å². The molecular weight excluding hydrogens is 588 g/mol. The summed E-state index contributed by atoms with van der Waals surface area (Å²) in [5, 5.41) is 5.78. The number of aryl methyl sites for hydroxylation is 2. The molecule has 10 heteroatoms. The lowest BCUT2D eigenvalue weighted by molar-refractivity contribution is -0.152. The highest BCUT2D eigenvalue weighted by Gasteiger charge is 2.24. The molecule has 0 atom stereocenters. The van der Waals surface area contributed by atoms with Crippen molar-refractivity contribution in [1.29, 1.82) is 0 Å². The van der Waals surface area contributed by atoms with Crippen LogP contribution in [0.5, 0.6) is 0 Å². The summed E-state index contributed by atoms with van der Waals surface area (Å²) in [6.07, 6.45) is 3.42. The Hall–Kier alpha value is -4.08. The van der Waals surface area contributed by atoms with Crippen LogP contribution >= 0.6 is 0 Å². The molecule has 0 aliphatic heterocycles. The highest BCUT2D eigenvalue weighted by Crippen LogP contribution is 2.22. The second-order valence-electron chi connectivity index (χ2n) is 12.6. The Labute approximate surface area is 273 Å². The summed E-state index contributed by atoms with van der Waals surface area (Å²) >= 11 is 0. The van der Waals surface area contributed by atoms with E-state index in [1.165, 1.54) is 0 Å². The molecule has 0 bridgehead atoms. The number of esters is 2. The third kappa shape index (κ3) is 15.3. The third-order valence-electron chi connectivity index (χ3n) is 7.43. The predicted molar refractivity (Wildman–Crippen MR) is 176 cm³/mol. The summed E-state index contributed by atoms with van der Waals surface area (Å²) in [6.45, 7) is 12.2.